The average molecular weight is 216 g/mol. The molecule has 0 aromatic heterocycles. The van der Waals surface area contributed by atoms with Crippen molar-refractivity contribution < 1.29 is 9.90 Å². The van der Waals surface area contributed by atoms with Gasteiger partial charge in [-0.25, -0.2) is 0 Å². The van der Waals surface area contributed by atoms with Crippen LogP contribution in [0.3, 0.4) is 0 Å². The van der Waals surface area contributed by atoms with Gasteiger partial charge in [-0.1, -0.05) is 12.8 Å². The van der Waals surface area contributed by atoms with E-state index in [4.69, 9.17) is 10.8 Å². The van der Waals surface area contributed by atoms with Gasteiger partial charge in [0.25, 0.3) is 0 Å². The fourth-order valence-electron chi connectivity index (χ4n) is 1.51. The zero-order valence-electron chi connectivity index (χ0n) is 9.74. The fraction of sp³-hybridized carbons (Fsp3) is 0.909. The summed E-state index contributed by atoms with van der Waals surface area (Å²) >= 11 is 0. The number of likely N-dealkylation sites (N-methyl/N-ethyl adjacent to an activating group) is 1. The third-order valence-corrected chi connectivity index (χ3v) is 2.45. The molecule has 0 saturated heterocycles. The number of carbonyl (C=O) groups excluding carboxylic acids is 1. The highest BCUT2D eigenvalue weighted by atomic mass is 16.3. The van der Waals surface area contributed by atoms with E-state index in [9.17, 15) is 4.79 Å². The number of amides is 1. The molecular formula is C11H24N2O2. The van der Waals surface area contributed by atoms with Gasteiger partial charge < -0.3 is 15.7 Å². The summed E-state index contributed by atoms with van der Waals surface area (Å²) in [5.74, 6) is 0.152. The molecule has 0 atom stereocenters. The Morgan fingerprint density at radius 1 is 1.27 bits per heavy atom. The Bertz CT molecular complexity index is 163. The molecule has 0 fully saturated rings. The molecule has 0 aliphatic rings. The topological polar surface area (TPSA) is 66.6 Å². The van der Waals surface area contributed by atoms with Crippen LogP contribution < -0.4 is 5.73 Å². The first-order chi connectivity index (χ1) is 7.26. The summed E-state index contributed by atoms with van der Waals surface area (Å²) in [7, 11) is 0. The second-order valence-corrected chi connectivity index (χ2v) is 3.65. The highest BCUT2D eigenvalue weighted by Crippen LogP contribution is 2.04. The summed E-state index contributed by atoms with van der Waals surface area (Å²) in [5, 5.41) is 8.75. The van der Waals surface area contributed by atoms with Crippen LogP contribution in [0, 0.1) is 0 Å². The van der Waals surface area contributed by atoms with Crippen LogP contribution in [0.1, 0.15) is 39.0 Å². The highest BCUT2D eigenvalue weighted by molar-refractivity contribution is 5.76. The Hall–Kier alpha value is -0.610. The Balaban J connectivity index is 3.53. The van der Waals surface area contributed by atoms with E-state index in [1.165, 1.54) is 0 Å². The van der Waals surface area contributed by atoms with Crippen LogP contribution in [-0.4, -0.2) is 42.2 Å². The number of hydrogen-bond donors (Lipinski definition) is 2. The van der Waals surface area contributed by atoms with Crippen molar-refractivity contribution in [3.8, 4) is 0 Å². The molecule has 1 amide bonds. The fourth-order valence-corrected chi connectivity index (χ4v) is 1.51. The molecule has 0 bridgehead atoms. The van der Waals surface area contributed by atoms with Crippen LogP contribution in [0.5, 0.6) is 0 Å². The van der Waals surface area contributed by atoms with E-state index in [1.54, 1.807) is 4.90 Å². The van der Waals surface area contributed by atoms with E-state index >= 15 is 0 Å². The Morgan fingerprint density at radius 3 is 2.47 bits per heavy atom. The largest absolute Gasteiger partial charge is 0.395 e. The van der Waals surface area contributed by atoms with E-state index < -0.39 is 0 Å². The lowest BCUT2D eigenvalue weighted by Crippen LogP contribution is -2.33. The molecule has 0 heterocycles. The minimum Gasteiger partial charge on any atom is -0.395 e. The van der Waals surface area contributed by atoms with Gasteiger partial charge in [0.2, 0.25) is 5.91 Å². The molecule has 0 unspecified atom stereocenters. The zero-order valence-corrected chi connectivity index (χ0v) is 9.74. The number of aliphatic hydroxyl groups excluding tert-OH is 1. The number of hydrogen-bond acceptors (Lipinski definition) is 3. The van der Waals surface area contributed by atoms with Gasteiger partial charge in [0.15, 0.2) is 0 Å². The van der Waals surface area contributed by atoms with E-state index in [-0.39, 0.29) is 12.5 Å². The third-order valence-electron chi connectivity index (χ3n) is 2.45. The first kappa shape index (κ1) is 14.4. The molecule has 0 aromatic rings. The van der Waals surface area contributed by atoms with Gasteiger partial charge in [-0.05, 0) is 26.3 Å². The molecule has 0 rings (SSSR count). The number of carbonyl (C=O) groups is 1. The monoisotopic (exact) mass is 216 g/mol. The first-order valence-electron chi connectivity index (χ1n) is 5.85. The molecular weight excluding hydrogens is 192 g/mol. The molecule has 3 N–H and O–H groups in total. The minimum absolute atomic E-state index is 0.0484. The second kappa shape index (κ2) is 9.93. The molecule has 0 spiro atoms. The van der Waals surface area contributed by atoms with Crippen LogP contribution in [-0.2, 0) is 4.79 Å². The SMILES string of the molecule is CCN(CCO)C(=O)CCCCCCN. The molecule has 0 aliphatic carbocycles. The Kier molecular flexibility index (Phi) is 9.52. The minimum atomic E-state index is 0.0484. The van der Waals surface area contributed by atoms with Gasteiger partial charge in [-0.2, -0.15) is 0 Å². The number of nitrogens with zero attached hydrogens (tertiary/aromatic N) is 1. The Labute approximate surface area is 92.4 Å². The number of unbranched alkanes of at least 4 members (excludes halogenated alkanes) is 3. The maximum atomic E-state index is 11.6. The van der Waals surface area contributed by atoms with Gasteiger partial charge in [-0.15, -0.1) is 0 Å². The quantitative estimate of drug-likeness (QED) is 0.559. The van der Waals surface area contributed by atoms with Crippen molar-refractivity contribution in [3.63, 3.8) is 0 Å². The van der Waals surface area contributed by atoms with Crippen molar-refractivity contribution in [2.24, 2.45) is 5.73 Å². The van der Waals surface area contributed by atoms with Crippen molar-refractivity contribution in [3.05, 3.63) is 0 Å². The predicted octanol–water partition coefficient (Wildman–Crippen LogP) is 0.736. The highest BCUT2D eigenvalue weighted by Gasteiger charge is 2.09. The Morgan fingerprint density at radius 2 is 1.93 bits per heavy atom. The zero-order chi connectivity index (χ0) is 11.5. The molecule has 0 radical (unpaired) electrons. The van der Waals surface area contributed by atoms with Gasteiger partial charge in [-0.3, -0.25) is 4.79 Å². The van der Waals surface area contributed by atoms with Gasteiger partial charge >= 0.3 is 0 Å². The van der Waals surface area contributed by atoms with Crippen molar-refractivity contribution in [1.82, 2.24) is 4.90 Å². The van der Waals surface area contributed by atoms with Gasteiger partial charge in [0.1, 0.15) is 0 Å². The van der Waals surface area contributed by atoms with Crippen molar-refractivity contribution in [2.45, 2.75) is 39.0 Å². The summed E-state index contributed by atoms with van der Waals surface area (Å²) in [6.45, 7) is 3.86. The molecule has 4 heteroatoms. The lowest BCUT2D eigenvalue weighted by molar-refractivity contribution is -0.131. The predicted molar refractivity (Wildman–Crippen MR) is 61.5 cm³/mol. The van der Waals surface area contributed by atoms with Crippen LogP contribution >= 0.6 is 0 Å². The van der Waals surface area contributed by atoms with Crippen LogP contribution in [0.4, 0.5) is 0 Å². The van der Waals surface area contributed by atoms with Crippen molar-refractivity contribution in [1.29, 1.82) is 0 Å². The first-order valence-corrected chi connectivity index (χ1v) is 5.85. The lowest BCUT2D eigenvalue weighted by atomic mass is 10.1. The van der Waals surface area contributed by atoms with Gasteiger partial charge in [0, 0.05) is 19.5 Å². The number of nitrogens with two attached hydrogens (primary N) is 1. The number of aliphatic hydroxyl groups is 1. The molecule has 4 nitrogen and oxygen atoms in total. The van der Waals surface area contributed by atoms with Crippen molar-refractivity contribution in [2.75, 3.05) is 26.2 Å². The summed E-state index contributed by atoms with van der Waals surface area (Å²) in [4.78, 5) is 13.3. The smallest absolute Gasteiger partial charge is 0.222 e. The summed E-state index contributed by atoms with van der Waals surface area (Å²) in [6.07, 6.45) is 4.75. The van der Waals surface area contributed by atoms with Crippen LogP contribution in [0.2, 0.25) is 0 Å². The molecule has 90 valence electrons. The van der Waals surface area contributed by atoms with E-state index in [2.05, 4.69) is 0 Å². The third kappa shape index (κ3) is 7.33. The normalized spacial score (nSPS) is 10.3. The molecule has 15 heavy (non-hydrogen) atoms. The van der Waals surface area contributed by atoms with Crippen molar-refractivity contribution >= 4 is 5.91 Å². The molecule has 0 aliphatic heterocycles. The lowest BCUT2D eigenvalue weighted by Gasteiger charge is -2.19. The maximum absolute atomic E-state index is 11.6. The summed E-state index contributed by atoms with van der Waals surface area (Å²) in [5.41, 5.74) is 5.38. The second-order valence-electron chi connectivity index (χ2n) is 3.65. The summed E-state index contributed by atoms with van der Waals surface area (Å²) < 4.78 is 0. The van der Waals surface area contributed by atoms with E-state index in [0.717, 1.165) is 32.2 Å². The van der Waals surface area contributed by atoms with E-state index in [0.29, 0.717) is 19.5 Å². The van der Waals surface area contributed by atoms with E-state index in [1.807, 2.05) is 6.92 Å². The van der Waals surface area contributed by atoms with Crippen LogP contribution in [0.15, 0.2) is 0 Å². The summed E-state index contributed by atoms with van der Waals surface area (Å²) in [6, 6.07) is 0. The average Bonchev–Trinajstić information content (AvgIpc) is 2.25. The molecule has 0 aromatic carbocycles. The number of rotatable bonds is 9. The van der Waals surface area contributed by atoms with Gasteiger partial charge in [0.05, 0.1) is 6.61 Å². The van der Waals surface area contributed by atoms with Crippen LogP contribution in [0.25, 0.3) is 0 Å². The standard InChI is InChI=1S/C11H24N2O2/c1-2-13(9-10-14)11(15)7-5-3-4-6-8-12/h14H,2-10,12H2,1H3. The maximum Gasteiger partial charge on any atom is 0.222 e. The molecule has 0 saturated carbocycles.